The smallest absolute Gasteiger partial charge is 0.255 e. The van der Waals surface area contributed by atoms with Crippen LogP contribution in [-0.4, -0.2) is 42.5 Å². The molecule has 24 heavy (non-hydrogen) atoms. The van der Waals surface area contributed by atoms with Crippen LogP contribution in [-0.2, 0) is 9.53 Å². The maximum absolute atomic E-state index is 12.3. The van der Waals surface area contributed by atoms with Crippen LogP contribution in [0.3, 0.4) is 0 Å². The van der Waals surface area contributed by atoms with Gasteiger partial charge in [-0.1, -0.05) is 17.7 Å². The van der Waals surface area contributed by atoms with Crippen molar-refractivity contribution < 1.29 is 14.3 Å². The van der Waals surface area contributed by atoms with E-state index in [0.717, 1.165) is 0 Å². The molecule has 2 amide bonds. The van der Waals surface area contributed by atoms with E-state index in [1.165, 1.54) is 0 Å². The Morgan fingerprint density at radius 2 is 2.04 bits per heavy atom. The predicted octanol–water partition coefficient (Wildman–Crippen LogP) is 3.74. The summed E-state index contributed by atoms with van der Waals surface area (Å²) < 4.78 is 5.39. The molecule has 1 N–H and O–H groups in total. The van der Waals surface area contributed by atoms with Gasteiger partial charge in [0.2, 0.25) is 0 Å². The Bertz CT molecular complexity index is 586. The number of ether oxygens (including phenoxy) is 1. The van der Waals surface area contributed by atoms with E-state index in [4.69, 9.17) is 16.3 Å². The van der Waals surface area contributed by atoms with Crippen LogP contribution >= 0.6 is 11.6 Å². The quantitative estimate of drug-likeness (QED) is 0.544. The highest BCUT2D eigenvalue weighted by atomic mass is 35.5. The summed E-state index contributed by atoms with van der Waals surface area (Å²) in [6.07, 6.45) is 1.84. The van der Waals surface area contributed by atoms with Crippen molar-refractivity contribution in [1.82, 2.24) is 4.90 Å². The zero-order valence-corrected chi connectivity index (χ0v) is 15.2. The van der Waals surface area contributed by atoms with E-state index in [1.54, 1.807) is 36.1 Å². The van der Waals surface area contributed by atoms with Crippen molar-refractivity contribution >= 4 is 29.1 Å². The van der Waals surface area contributed by atoms with Crippen LogP contribution < -0.4 is 5.32 Å². The maximum Gasteiger partial charge on any atom is 0.255 e. The number of anilines is 1. The molecule has 0 heterocycles. The molecule has 0 aliphatic heterocycles. The molecule has 0 aromatic heterocycles. The number of rotatable bonds is 9. The van der Waals surface area contributed by atoms with Gasteiger partial charge >= 0.3 is 0 Å². The summed E-state index contributed by atoms with van der Waals surface area (Å²) in [5.41, 5.74) is 0.953. The van der Waals surface area contributed by atoms with Crippen LogP contribution in [0.4, 0.5) is 5.69 Å². The Hall–Kier alpha value is -1.85. The van der Waals surface area contributed by atoms with Gasteiger partial charge in [-0.15, -0.1) is 6.58 Å². The highest BCUT2D eigenvalue weighted by molar-refractivity contribution is 6.34. The summed E-state index contributed by atoms with van der Waals surface area (Å²) in [7, 11) is 0. The lowest BCUT2D eigenvalue weighted by atomic mass is 10.1. The minimum Gasteiger partial charge on any atom is -0.368 e. The summed E-state index contributed by atoms with van der Waals surface area (Å²) in [4.78, 5) is 26.1. The van der Waals surface area contributed by atoms with E-state index < -0.39 is 6.10 Å². The van der Waals surface area contributed by atoms with Gasteiger partial charge in [0.05, 0.1) is 17.2 Å². The van der Waals surface area contributed by atoms with Crippen molar-refractivity contribution in [3.8, 4) is 0 Å². The fourth-order valence-electron chi connectivity index (χ4n) is 2.10. The summed E-state index contributed by atoms with van der Waals surface area (Å²) in [6, 6.07) is 4.87. The van der Waals surface area contributed by atoms with Crippen molar-refractivity contribution in [3.63, 3.8) is 0 Å². The summed E-state index contributed by atoms with van der Waals surface area (Å²) >= 11 is 6.21. The molecular formula is C18H25ClN2O3. The highest BCUT2D eigenvalue weighted by Gasteiger charge is 2.18. The van der Waals surface area contributed by atoms with Gasteiger partial charge in [0.15, 0.2) is 0 Å². The molecule has 0 aliphatic carbocycles. The molecule has 0 saturated heterocycles. The van der Waals surface area contributed by atoms with Crippen LogP contribution in [0.1, 0.15) is 37.6 Å². The molecule has 1 unspecified atom stereocenters. The summed E-state index contributed by atoms with van der Waals surface area (Å²) in [5.74, 6) is -0.387. The number of halogens is 1. The van der Waals surface area contributed by atoms with Gasteiger partial charge in [-0.25, -0.2) is 0 Å². The van der Waals surface area contributed by atoms with Gasteiger partial charge in [-0.3, -0.25) is 9.59 Å². The molecule has 0 spiro atoms. The van der Waals surface area contributed by atoms with Crippen molar-refractivity contribution in [2.24, 2.45) is 0 Å². The third-order valence-corrected chi connectivity index (χ3v) is 3.89. The zero-order chi connectivity index (χ0) is 18.1. The number of nitrogens with one attached hydrogen (secondary N) is 1. The van der Waals surface area contributed by atoms with Crippen molar-refractivity contribution in [2.45, 2.75) is 33.3 Å². The minimum atomic E-state index is -0.583. The van der Waals surface area contributed by atoms with Gasteiger partial charge in [0, 0.05) is 18.8 Å². The third-order valence-electron chi connectivity index (χ3n) is 3.58. The van der Waals surface area contributed by atoms with Crippen LogP contribution in [0.25, 0.3) is 0 Å². The van der Waals surface area contributed by atoms with Crippen LogP contribution in [0.5, 0.6) is 0 Å². The normalized spacial score (nSPS) is 11.7. The van der Waals surface area contributed by atoms with Gasteiger partial charge in [-0.2, -0.15) is 0 Å². The topological polar surface area (TPSA) is 58.6 Å². The fraction of sp³-hybridized carbons (Fsp3) is 0.444. The van der Waals surface area contributed by atoms with Crippen LogP contribution in [0.15, 0.2) is 30.9 Å². The second-order valence-corrected chi connectivity index (χ2v) is 5.66. The molecule has 0 saturated carbocycles. The molecule has 1 rings (SSSR count). The Morgan fingerprint density at radius 1 is 1.38 bits per heavy atom. The van der Waals surface area contributed by atoms with Gasteiger partial charge in [0.1, 0.15) is 6.10 Å². The first-order chi connectivity index (χ1) is 11.4. The predicted molar refractivity (Wildman–Crippen MR) is 97.6 cm³/mol. The van der Waals surface area contributed by atoms with Crippen molar-refractivity contribution in [1.29, 1.82) is 0 Å². The van der Waals surface area contributed by atoms with Crippen LogP contribution in [0, 0.1) is 0 Å². The molecule has 6 heteroatoms. The van der Waals surface area contributed by atoms with Crippen LogP contribution in [0.2, 0.25) is 5.02 Å². The van der Waals surface area contributed by atoms with E-state index in [0.29, 0.717) is 42.4 Å². The van der Waals surface area contributed by atoms with E-state index in [-0.39, 0.29) is 11.8 Å². The summed E-state index contributed by atoms with van der Waals surface area (Å²) in [6.45, 7) is 10.8. The molecule has 1 aromatic carbocycles. The second-order valence-electron chi connectivity index (χ2n) is 5.25. The van der Waals surface area contributed by atoms with Gasteiger partial charge in [0.25, 0.3) is 11.8 Å². The molecule has 1 atom stereocenters. The second kappa shape index (κ2) is 10.1. The third kappa shape index (κ3) is 5.65. The zero-order valence-electron chi connectivity index (χ0n) is 14.5. The maximum atomic E-state index is 12.3. The number of benzene rings is 1. The Labute approximate surface area is 148 Å². The number of carbonyl (C=O) groups excluding carboxylic acids is 2. The molecular weight excluding hydrogens is 328 g/mol. The fourth-order valence-corrected chi connectivity index (χ4v) is 2.36. The van der Waals surface area contributed by atoms with E-state index in [2.05, 4.69) is 11.9 Å². The summed E-state index contributed by atoms with van der Waals surface area (Å²) in [5, 5.41) is 3.04. The largest absolute Gasteiger partial charge is 0.368 e. The molecule has 0 fully saturated rings. The lowest BCUT2D eigenvalue weighted by Gasteiger charge is -2.19. The Kier molecular flexibility index (Phi) is 8.50. The number of nitrogens with zero attached hydrogens (tertiary/aromatic N) is 1. The minimum absolute atomic E-state index is 0.121. The van der Waals surface area contributed by atoms with Gasteiger partial charge in [-0.05, 0) is 45.4 Å². The first kappa shape index (κ1) is 20.2. The molecule has 0 radical (unpaired) electrons. The van der Waals surface area contributed by atoms with Crippen molar-refractivity contribution in [2.75, 3.05) is 25.0 Å². The SMILES string of the molecule is C=CCCOC(C)C(=O)Nc1ccc(C(=O)N(CC)CC)c(Cl)c1. The average molecular weight is 353 g/mol. The highest BCUT2D eigenvalue weighted by Crippen LogP contribution is 2.22. The average Bonchev–Trinajstić information content (AvgIpc) is 2.56. The molecule has 0 aliphatic rings. The van der Waals surface area contributed by atoms with Gasteiger partial charge < -0.3 is 15.0 Å². The standard InChI is InChI=1S/C18H25ClN2O3/c1-5-8-11-24-13(4)17(22)20-14-9-10-15(16(19)12-14)18(23)21(6-2)7-3/h5,9-10,12-13H,1,6-8,11H2,2-4H3,(H,20,22). The first-order valence-corrected chi connectivity index (χ1v) is 8.44. The Balaban J connectivity index is 2.75. The number of carbonyl (C=O) groups is 2. The lowest BCUT2D eigenvalue weighted by Crippen LogP contribution is -2.31. The Morgan fingerprint density at radius 3 is 2.58 bits per heavy atom. The number of hydrogen-bond acceptors (Lipinski definition) is 3. The monoisotopic (exact) mass is 352 g/mol. The van der Waals surface area contributed by atoms with E-state index in [9.17, 15) is 9.59 Å². The molecule has 132 valence electrons. The lowest BCUT2D eigenvalue weighted by molar-refractivity contribution is -0.126. The molecule has 5 nitrogen and oxygen atoms in total. The van der Waals surface area contributed by atoms with Crippen molar-refractivity contribution in [3.05, 3.63) is 41.4 Å². The number of amides is 2. The van der Waals surface area contributed by atoms with E-state index >= 15 is 0 Å². The first-order valence-electron chi connectivity index (χ1n) is 8.06. The molecule has 0 bridgehead atoms. The van der Waals surface area contributed by atoms with E-state index in [1.807, 2.05) is 13.8 Å². The number of hydrogen-bond donors (Lipinski definition) is 1. The molecule has 1 aromatic rings.